The number of pyridine rings is 1. The van der Waals surface area contributed by atoms with Gasteiger partial charge in [0.05, 0.1) is 12.6 Å². The fourth-order valence-electron chi connectivity index (χ4n) is 4.61. The minimum Gasteiger partial charge on any atom is -0.303 e. The van der Waals surface area contributed by atoms with Crippen molar-refractivity contribution in [3.05, 3.63) is 48.5 Å². The van der Waals surface area contributed by atoms with Gasteiger partial charge in [-0.05, 0) is 41.3 Å². The van der Waals surface area contributed by atoms with Crippen LogP contribution in [0, 0.1) is 5.41 Å². The van der Waals surface area contributed by atoms with Crippen molar-refractivity contribution in [2.75, 3.05) is 19.6 Å². The largest absolute Gasteiger partial charge is 0.303 e. The minimum atomic E-state index is -1.73. The Morgan fingerprint density at radius 1 is 1.06 bits per heavy atom. The fraction of sp³-hybridized carbons (Fsp3) is 0.480. The predicted octanol–water partition coefficient (Wildman–Crippen LogP) is 4.35. The lowest BCUT2D eigenvalue weighted by atomic mass is 9.86. The summed E-state index contributed by atoms with van der Waals surface area (Å²) < 4.78 is 17.2. The number of fused-ring (bicyclic) bond motifs is 1. The minimum absolute atomic E-state index is 0.0429. The number of nitrogens with zero attached hydrogens (tertiary/aromatic N) is 4. The van der Waals surface area contributed by atoms with E-state index in [1.165, 1.54) is 12.8 Å². The molecule has 0 radical (unpaired) electrons. The maximum atomic E-state index is 15.5. The van der Waals surface area contributed by atoms with Crippen molar-refractivity contribution in [1.82, 2.24) is 19.7 Å². The number of rotatable bonds is 6. The number of carbonyl (C=O) groups excluding carboxylic acids is 1. The third-order valence-electron chi connectivity index (χ3n) is 7.02. The second-order valence-corrected chi connectivity index (χ2v) is 9.79. The summed E-state index contributed by atoms with van der Waals surface area (Å²) in [5.41, 5.74) is 1.42. The van der Waals surface area contributed by atoms with Crippen LogP contribution >= 0.6 is 0 Å². The lowest BCUT2D eigenvalue weighted by Gasteiger charge is -2.36. The number of ketones is 1. The molecule has 0 N–H and O–H groups in total. The highest BCUT2D eigenvalue weighted by Crippen LogP contribution is 2.46. The van der Waals surface area contributed by atoms with Crippen LogP contribution in [0.3, 0.4) is 0 Å². The topological polar surface area (TPSA) is 51.0 Å². The molecular weight excluding hydrogens is 391 g/mol. The van der Waals surface area contributed by atoms with Crippen LogP contribution in [0.1, 0.15) is 38.3 Å². The zero-order valence-electron chi connectivity index (χ0n) is 18.3. The van der Waals surface area contributed by atoms with Crippen molar-refractivity contribution in [2.24, 2.45) is 12.5 Å². The van der Waals surface area contributed by atoms with E-state index in [1.54, 1.807) is 10.9 Å². The molecule has 6 heteroatoms. The molecule has 3 aromatic rings. The van der Waals surface area contributed by atoms with E-state index >= 15 is 4.39 Å². The third-order valence-corrected chi connectivity index (χ3v) is 7.02. The average Bonchev–Trinajstić information content (AvgIpc) is 3.32. The van der Waals surface area contributed by atoms with E-state index < -0.39 is 5.67 Å². The maximum absolute atomic E-state index is 15.5. The number of aromatic nitrogens is 3. The highest BCUT2D eigenvalue weighted by Gasteiger charge is 2.44. The molecule has 1 aromatic carbocycles. The third kappa shape index (κ3) is 4.26. The summed E-state index contributed by atoms with van der Waals surface area (Å²) in [5.74, 6) is -0.333. The van der Waals surface area contributed by atoms with Crippen molar-refractivity contribution < 1.29 is 9.18 Å². The highest BCUT2D eigenvalue weighted by atomic mass is 19.1. The second kappa shape index (κ2) is 7.52. The lowest BCUT2D eigenvalue weighted by molar-refractivity contribution is -0.133. The van der Waals surface area contributed by atoms with Gasteiger partial charge in [0.2, 0.25) is 0 Å². The summed E-state index contributed by atoms with van der Waals surface area (Å²) in [7, 11) is 1.89. The Balaban J connectivity index is 1.28. The van der Waals surface area contributed by atoms with Crippen LogP contribution in [0.25, 0.3) is 21.9 Å². The molecule has 0 atom stereocenters. The van der Waals surface area contributed by atoms with Crippen LogP contribution in [0.2, 0.25) is 0 Å². The van der Waals surface area contributed by atoms with E-state index in [4.69, 9.17) is 0 Å². The van der Waals surface area contributed by atoms with Gasteiger partial charge in [-0.2, -0.15) is 5.10 Å². The smallest absolute Gasteiger partial charge is 0.175 e. The first kappa shape index (κ1) is 20.3. The maximum Gasteiger partial charge on any atom is 0.175 e. The number of hydrogen-bond acceptors (Lipinski definition) is 4. The first-order valence-corrected chi connectivity index (χ1v) is 11.1. The van der Waals surface area contributed by atoms with Crippen LogP contribution in [-0.4, -0.2) is 50.8 Å². The molecule has 0 amide bonds. The zero-order valence-corrected chi connectivity index (χ0v) is 18.3. The zero-order chi connectivity index (χ0) is 21.6. The summed E-state index contributed by atoms with van der Waals surface area (Å²) in [4.78, 5) is 19.6. The Kier molecular flexibility index (Phi) is 4.93. The molecule has 5 rings (SSSR count). The van der Waals surface area contributed by atoms with E-state index in [9.17, 15) is 4.79 Å². The Bertz CT molecular complexity index is 1130. The Hall–Kier alpha value is -2.60. The van der Waals surface area contributed by atoms with Gasteiger partial charge in [-0.3, -0.25) is 14.5 Å². The fourth-order valence-corrected chi connectivity index (χ4v) is 4.61. The molecule has 31 heavy (non-hydrogen) atoms. The molecule has 2 fully saturated rings. The standard InChI is InChI=1S/C25H29FN4O/c1-24(5-6-24)17-30-9-7-25(26,8-10-30)23(31)13-22-12-20-11-18(3-4-19(20)14-27-22)21-15-28-29(2)16-21/h3-4,11-12,14-16H,5-10,13,17H2,1-2H3. The molecule has 5 nitrogen and oxygen atoms in total. The molecule has 0 spiro atoms. The molecule has 2 aliphatic rings. The average molecular weight is 421 g/mol. The van der Waals surface area contributed by atoms with Crippen molar-refractivity contribution in [1.29, 1.82) is 0 Å². The number of halogens is 1. The van der Waals surface area contributed by atoms with E-state index in [2.05, 4.69) is 28.0 Å². The molecule has 162 valence electrons. The van der Waals surface area contributed by atoms with Gasteiger partial charge in [0.25, 0.3) is 0 Å². The Labute approximate surface area is 182 Å². The van der Waals surface area contributed by atoms with Crippen LogP contribution in [0.15, 0.2) is 42.9 Å². The van der Waals surface area contributed by atoms with E-state index in [0.717, 1.165) is 28.4 Å². The van der Waals surface area contributed by atoms with Crippen LogP contribution in [0.4, 0.5) is 4.39 Å². The normalized spacial score (nSPS) is 20.1. The summed E-state index contributed by atoms with van der Waals surface area (Å²) >= 11 is 0. The molecule has 1 saturated heterocycles. The molecule has 1 aliphatic carbocycles. The van der Waals surface area contributed by atoms with Gasteiger partial charge in [0, 0.05) is 68.6 Å². The number of hydrogen-bond donors (Lipinski definition) is 0. The number of Topliss-reactive ketones (excluding diaryl/α,β-unsaturated/α-hetero) is 1. The van der Waals surface area contributed by atoms with E-state index in [0.29, 0.717) is 37.0 Å². The van der Waals surface area contributed by atoms with E-state index in [1.807, 2.05) is 37.6 Å². The summed E-state index contributed by atoms with van der Waals surface area (Å²) in [6.07, 6.45) is 8.72. The van der Waals surface area contributed by atoms with Gasteiger partial charge >= 0.3 is 0 Å². The van der Waals surface area contributed by atoms with Gasteiger partial charge in [-0.25, -0.2) is 4.39 Å². The summed E-state index contributed by atoms with van der Waals surface area (Å²) in [5, 5.41) is 6.23. The van der Waals surface area contributed by atoms with Crippen LogP contribution in [0.5, 0.6) is 0 Å². The molecule has 1 aliphatic heterocycles. The monoisotopic (exact) mass is 420 g/mol. The summed E-state index contributed by atoms with van der Waals surface area (Å²) in [6.45, 7) is 4.65. The number of likely N-dealkylation sites (tertiary alicyclic amines) is 1. The lowest BCUT2D eigenvalue weighted by Crippen LogP contribution is -2.48. The first-order valence-electron chi connectivity index (χ1n) is 11.1. The Morgan fingerprint density at radius 2 is 1.84 bits per heavy atom. The molecule has 3 heterocycles. The van der Waals surface area contributed by atoms with Gasteiger partial charge in [-0.15, -0.1) is 0 Å². The van der Waals surface area contributed by atoms with Crippen LogP contribution in [-0.2, 0) is 18.3 Å². The van der Waals surface area contributed by atoms with Crippen molar-refractivity contribution in [3.8, 4) is 11.1 Å². The van der Waals surface area contributed by atoms with Gasteiger partial charge < -0.3 is 4.90 Å². The van der Waals surface area contributed by atoms with Crippen molar-refractivity contribution in [3.63, 3.8) is 0 Å². The molecular formula is C25H29FN4O. The van der Waals surface area contributed by atoms with Crippen LogP contribution < -0.4 is 0 Å². The highest BCUT2D eigenvalue weighted by molar-refractivity contribution is 5.91. The Morgan fingerprint density at radius 3 is 2.52 bits per heavy atom. The number of alkyl halides is 1. The number of benzene rings is 1. The molecule has 0 bridgehead atoms. The van der Waals surface area contributed by atoms with Gasteiger partial charge in [0.1, 0.15) is 0 Å². The molecule has 1 saturated carbocycles. The number of carbonyl (C=O) groups is 1. The van der Waals surface area contributed by atoms with Crippen molar-refractivity contribution in [2.45, 2.75) is 44.7 Å². The first-order chi connectivity index (χ1) is 14.8. The van der Waals surface area contributed by atoms with E-state index in [-0.39, 0.29) is 12.2 Å². The van der Waals surface area contributed by atoms with Gasteiger partial charge in [0.15, 0.2) is 11.5 Å². The quantitative estimate of drug-likeness (QED) is 0.595. The SMILES string of the molecule is Cn1cc(-c2ccc3cnc(CC(=O)C4(F)CCN(CC5(C)CC5)CC4)cc3c2)cn1. The number of aryl methyl sites for hydroxylation is 1. The van der Waals surface area contributed by atoms with Gasteiger partial charge in [-0.1, -0.05) is 19.1 Å². The number of piperidine rings is 1. The summed E-state index contributed by atoms with van der Waals surface area (Å²) in [6, 6.07) is 8.05. The van der Waals surface area contributed by atoms with Crippen molar-refractivity contribution >= 4 is 16.6 Å². The molecule has 0 unspecified atom stereocenters. The molecule has 2 aromatic heterocycles. The second-order valence-electron chi connectivity index (χ2n) is 9.79. The predicted molar refractivity (Wildman–Crippen MR) is 120 cm³/mol.